The minimum atomic E-state index is -2.25. The lowest BCUT2D eigenvalue weighted by molar-refractivity contribution is 0.191. The summed E-state index contributed by atoms with van der Waals surface area (Å²) in [7, 11) is 0. The summed E-state index contributed by atoms with van der Waals surface area (Å²) in [6, 6.07) is 5.12. The molecule has 1 unspecified atom stereocenters. The normalized spacial score (nSPS) is 19.1. The molecule has 1 fully saturated rings. The Morgan fingerprint density at radius 2 is 2.05 bits per heavy atom. The van der Waals surface area contributed by atoms with Crippen LogP contribution in [0.3, 0.4) is 0 Å². The second-order valence-corrected chi connectivity index (χ2v) is 7.13. The molecule has 1 aromatic rings. The lowest BCUT2D eigenvalue weighted by Gasteiger charge is -2.33. The van der Waals surface area contributed by atoms with E-state index in [1.807, 2.05) is 0 Å². The van der Waals surface area contributed by atoms with Gasteiger partial charge in [0.1, 0.15) is 5.82 Å². The van der Waals surface area contributed by atoms with Gasteiger partial charge in [0.15, 0.2) is 0 Å². The van der Waals surface area contributed by atoms with Gasteiger partial charge >= 0.3 is 0 Å². The number of hydrogen-bond acceptors (Lipinski definition) is 3. The van der Waals surface area contributed by atoms with E-state index in [2.05, 4.69) is 18.7 Å². The van der Waals surface area contributed by atoms with Gasteiger partial charge in [-0.3, -0.25) is 4.21 Å². The number of rotatable bonds is 5. The van der Waals surface area contributed by atoms with Gasteiger partial charge in [-0.2, -0.15) is 0 Å². The van der Waals surface area contributed by atoms with E-state index in [1.54, 1.807) is 18.2 Å². The quantitative estimate of drug-likeness (QED) is 0.785. The van der Waals surface area contributed by atoms with Gasteiger partial charge in [0, 0.05) is 12.3 Å². The van der Waals surface area contributed by atoms with Crippen LogP contribution in [0.5, 0.6) is 0 Å². The van der Waals surface area contributed by atoms with Crippen LogP contribution in [0, 0.1) is 11.7 Å². The summed E-state index contributed by atoms with van der Waals surface area (Å²) in [5.41, 5.74) is 0.965. The largest absolute Gasteiger partial charge is 0.772 e. The highest BCUT2D eigenvalue weighted by molar-refractivity contribution is 7.78. The van der Waals surface area contributed by atoms with Crippen LogP contribution in [0.25, 0.3) is 0 Å². The Balaban J connectivity index is 2.05. The summed E-state index contributed by atoms with van der Waals surface area (Å²) in [6.45, 7) is 7.47. The van der Waals surface area contributed by atoms with Crippen molar-refractivity contribution in [3.05, 3.63) is 35.1 Å². The predicted molar refractivity (Wildman–Crippen MR) is 82.3 cm³/mol. The molecule has 5 heteroatoms. The Bertz CT molecular complexity index is 499. The molecule has 1 aromatic carbocycles. The van der Waals surface area contributed by atoms with Crippen molar-refractivity contribution in [2.75, 3.05) is 19.6 Å². The Kier molecular flexibility index (Phi) is 5.90. The van der Waals surface area contributed by atoms with Crippen molar-refractivity contribution in [2.45, 2.75) is 38.4 Å². The third-order valence-corrected chi connectivity index (χ3v) is 4.58. The molecule has 0 bridgehead atoms. The van der Waals surface area contributed by atoms with Crippen molar-refractivity contribution in [1.29, 1.82) is 0 Å². The Morgan fingerprint density at radius 3 is 2.62 bits per heavy atom. The number of halogens is 1. The maximum absolute atomic E-state index is 14.4. The first kappa shape index (κ1) is 16.6. The maximum atomic E-state index is 14.4. The fourth-order valence-electron chi connectivity index (χ4n) is 3.10. The summed E-state index contributed by atoms with van der Waals surface area (Å²) < 4.78 is 36.0. The molecule has 3 nitrogen and oxygen atoms in total. The van der Waals surface area contributed by atoms with E-state index in [0.29, 0.717) is 11.5 Å². The first-order chi connectivity index (χ1) is 9.97. The third-order valence-electron chi connectivity index (χ3n) is 4.03. The smallest absolute Gasteiger partial charge is 0.130 e. The van der Waals surface area contributed by atoms with E-state index < -0.39 is 11.1 Å². The van der Waals surface area contributed by atoms with Crippen molar-refractivity contribution in [3.63, 3.8) is 0 Å². The average molecular weight is 312 g/mol. The van der Waals surface area contributed by atoms with Crippen molar-refractivity contribution < 1.29 is 13.2 Å². The Labute approximate surface area is 128 Å². The first-order valence-corrected chi connectivity index (χ1v) is 8.77. The van der Waals surface area contributed by atoms with Crippen molar-refractivity contribution in [3.8, 4) is 0 Å². The monoisotopic (exact) mass is 312 g/mol. The molecule has 0 spiro atoms. The Morgan fingerprint density at radius 1 is 1.38 bits per heavy atom. The zero-order chi connectivity index (χ0) is 15.4. The average Bonchev–Trinajstić information content (AvgIpc) is 2.41. The highest BCUT2D eigenvalue weighted by Crippen LogP contribution is 2.31. The zero-order valence-corrected chi connectivity index (χ0v) is 13.5. The topological polar surface area (TPSA) is 43.4 Å². The lowest BCUT2D eigenvalue weighted by Crippen LogP contribution is -2.35. The standard InChI is InChI=1S/C16H24FNO2S/c1-12(2)10-18-8-6-13(7-9-18)15-5-3-4-14(16(15)17)11-21(19)20/h3-5,12-13H,6-11H2,1-2H3,(H,19,20)/p-1. The summed E-state index contributed by atoms with van der Waals surface area (Å²) in [5.74, 6) is 0.275. The van der Waals surface area contributed by atoms with Crippen LogP contribution in [-0.4, -0.2) is 33.3 Å². The summed E-state index contributed by atoms with van der Waals surface area (Å²) in [5, 5.41) is 0. The third kappa shape index (κ3) is 4.59. The summed E-state index contributed by atoms with van der Waals surface area (Å²) in [6.07, 6.45) is 1.88. The lowest BCUT2D eigenvalue weighted by atomic mass is 9.88. The molecule has 1 aliphatic heterocycles. The van der Waals surface area contributed by atoms with Crippen LogP contribution in [0.2, 0.25) is 0 Å². The molecule has 1 saturated heterocycles. The van der Waals surface area contributed by atoms with E-state index in [4.69, 9.17) is 0 Å². The van der Waals surface area contributed by atoms with Gasteiger partial charge in [-0.05, 0) is 48.9 Å². The summed E-state index contributed by atoms with van der Waals surface area (Å²) in [4.78, 5) is 2.43. The maximum Gasteiger partial charge on any atom is 0.130 e. The van der Waals surface area contributed by atoms with Crippen LogP contribution < -0.4 is 0 Å². The molecule has 1 aliphatic rings. The van der Waals surface area contributed by atoms with Gasteiger partial charge in [-0.1, -0.05) is 43.1 Å². The molecule has 0 radical (unpaired) electrons. The van der Waals surface area contributed by atoms with Crippen molar-refractivity contribution >= 4 is 11.1 Å². The van der Waals surface area contributed by atoms with E-state index >= 15 is 0 Å². The molecule has 21 heavy (non-hydrogen) atoms. The van der Waals surface area contributed by atoms with Crippen LogP contribution in [-0.2, 0) is 16.8 Å². The minimum Gasteiger partial charge on any atom is -0.772 e. The first-order valence-electron chi connectivity index (χ1n) is 7.53. The molecule has 0 saturated carbocycles. The van der Waals surface area contributed by atoms with Crippen molar-refractivity contribution in [2.24, 2.45) is 5.92 Å². The fourth-order valence-corrected chi connectivity index (χ4v) is 3.57. The number of piperidine rings is 1. The number of hydrogen-bond donors (Lipinski definition) is 0. The highest BCUT2D eigenvalue weighted by Gasteiger charge is 2.24. The van der Waals surface area contributed by atoms with E-state index in [-0.39, 0.29) is 23.1 Å². The zero-order valence-electron chi connectivity index (χ0n) is 12.7. The second kappa shape index (κ2) is 7.47. The number of likely N-dealkylation sites (tertiary alicyclic amines) is 1. The molecule has 1 heterocycles. The molecule has 2 rings (SSSR count). The molecular weight excluding hydrogens is 289 g/mol. The van der Waals surface area contributed by atoms with Gasteiger partial charge in [-0.15, -0.1) is 0 Å². The molecule has 118 valence electrons. The molecule has 0 amide bonds. The Hall–Kier alpha value is -0.780. The minimum absolute atomic E-state index is 0.202. The predicted octanol–water partition coefficient (Wildman–Crippen LogP) is 3.04. The molecular formula is C16H23FNO2S-. The molecule has 1 atom stereocenters. The van der Waals surface area contributed by atoms with Gasteiger partial charge in [0.25, 0.3) is 0 Å². The van der Waals surface area contributed by atoms with Gasteiger partial charge in [0.05, 0.1) is 0 Å². The van der Waals surface area contributed by atoms with Gasteiger partial charge in [-0.25, -0.2) is 4.39 Å². The van der Waals surface area contributed by atoms with Crippen LogP contribution >= 0.6 is 0 Å². The van der Waals surface area contributed by atoms with E-state index in [1.165, 1.54) is 0 Å². The fraction of sp³-hybridized carbons (Fsp3) is 0.625. The number of nitrogens with zero attached hydrogens (tertiary/aromatic N) is 1. The van der Waals surface area contributed by atoms with Crippen molar-refractivity contribution in [1.82, 2.24) is 4.90 Å². The van der Waals surface area contributed by atoms with Crippen LogP contribution in [0.1, 0.15) is 43.7 Å². The van der Waals surface area contributed by atoms with E-state index in [9.17, 15) is 13.2 Å². The van der Waals surface area contributed by atoms with Gasteiger partial charge in [0.2, 0.25) is 0 Å². The molecule has 0 aromatic heterocycles. The second-order valence-electron chi connectivity index (χ2n) is 6.24. The van der Waals surface area contributed by atoms with E-state index in [0.717, 1.165) is 32.5 Å². The van der Waals surface area contributed by atoms with Gasteiger partial charge < -0.3 is 9.45 Å². The van der Waals surface area contributed by atoms with Crippen LogP contribution in [0.4, 0.5) is 4.39 Å². The number of benzene rings is 1. The SMILES string of the molecule is CC(C)CN1CCC(c2cccc(CS(=O)[O-])c2F)CC1. The highest BCUT2D eigenvalue weighted by atomic mass is 32.2. The van der Waals surface area contributed by atoms with Crippen LogP contribution in [0.15, 0.2) is 18.2 Å². The summed E-state index contributed by atoms with van der Waals surface area (Å²) >= 11 is -2.25. The molecule has 0 aliphatic carbocycles. The molecule has 0 N–H and O–H groups in total.